The van der Waals surface area contributed by atoms with Crippen LogP contribution in [0.2, 0.25) is 0 Å². The van der Waals surface area contributed by atoms with Gasteiger partial charge in [-0.25, -0.2) is 0 Å². The van der Waals surface area contributed by atoms with Gasteiger partial charge >= 0.3 is 5.97 Å². The Balaban J connectivity index is 2.08. The number of carbonyl (C=O) groups is 1. The number of hydrogen-bond donors (Lipinski definition) is 0. The highest BCUT2D eigenvalue weighted by molar-refractivity contribution is 9.10. The van der Waals surface area contributed by atoms with E-state index in [1.54, 1.807) is 0 Å². The first-order valence-electron chi connectivity index (χ1n) is 5.57. The average molecular weight is 299 g/mol. The van der Waals surface area contributed by atoms with Crippen LogP contribution in [0.5, 0.6) is 0 Å². The van der Waals surface area contributed by atoms with Crippen LogP contribution < -0.4 is 0 Å². The number of hydrogen-bond acceptors (Lipinski definition) is 3. The summed E-state index contributed by atoms with van der Waals surface area (Å²) in [6.45, 7) is 1.37. The van der Waals surface area contributed by atoms with Gasteiger partial charge in [-0.1, -0.05) is 28.1 Å². The summed E-state index contributed by atoms with van der Waals surface area (Å²) in [7, 11) is 1.42. The lowest BCUT2D eigenvalue weighted by Gasteiger charge is -2.42. The predicted molar refractivity (Wildman–Crippen MR) is 67.9 cm³/mol. The molecule has 0 N–H and O–H groups in total. The first-order chi connectivity index (χ1) is 8.16. The Bertz CT molecular complexity index is 396. The first kappa shape index (κ1) is 12.6. The normalized spacial score (nSPS) is 17.3. The fourth-order valence-electron chi connectivity index (χ4n) is 2.05. The maximum absolute atomic E-state index is 11.2. The van der Waals surface area contributed by atoms with Crippen molar-refractivity contribution < 1.29 is 14.3 Å². The van der Waals surface area contributed by atoms with E-state index in [-0.39, 0.29) is 11.4 Å². The van der Waals surface area contributed by atoms with Crippen LogP contribution in [0.3, 0.4) is 0 Å². The van der Waals surface area contributed by atoms with Gasteiger partial charge < -0.3 is 9.47 Å². The number of methoxy groups -OCH3 is 1. The summed E-state index contributed by atoms with van der Waals surface area (Å²) in [5.41, 5.74) is 1.23. The van der Waals surface area contributed by atoms with E-state index in [0.29, 0.717) is 19.6 Å². The van der Waals surface area contributed by atoms with Gasteiger partial charge in [0.1, 0.15) is 0 Å². The maximum atomic E-state index is 11.2. The van der Waals surface area contributed by atoms with E-state index in [9.17, 15) is 4.79 Å². The summed E-state index contributed by atoms with van der Waals surface area (Å²) in [4.78, 5) is 11.2. The third-order valence-electron chi connectivity index (χ3n) is 3.25. The molecule has 0 spiro atoms. The Hall–Kier alpha value is -0.870. The standard InChI is InChI=1S/C13H15BrO3/c1-16-12(15)6-7-13(8-17-9-13)10-2-4-11(14)5-3-10/h2-5H,6-9H2,1H3. The second-order valence-electron chi connectivity index (χ2n) is 4.36. The number of esters is 1. The zero-order valence-corrected chi connectivity index (χ0v) is 11.3. The largest absolute Gasteiger partial charge is 0.469 e. The van der Waals surface area contributed by atoms with E-state index in [0.717, 1.165) is 10.9 Å². The van der Waals surface area contributed by atoms with Gasteiger partial charge in [0.15, 0.2) is 0 Å². The van der Waals surface area contributed by atoms with Gasteiger partial charge in [0.25, 0.3) is 0 Å². The molecule has 1 aromatic carbocycles. The van der Waals surface area contributed by atoms with Gasteiger partial charge in [0, 0.05) is 16.3 Å². The number of rotatable bonds is 4. The van der Waals surface area contributed by atoms with Gasteiger partial charge in [-0.3, -0.25) is 4.79 Å². The van der Waals surface area contributed by atoms with E-state index in [1.807, 2.05) is 12.1 Å². The molecule has 1 fully saturated rings. The van der Waals surface area contributed by atoms with Crippen LogP contribution in [-0.4, -0.2) is 26.3 Å². The van der Waals surface area contributed by atoms with Gasteiger partial charge in [-0.2, -0.15) is 0 Å². The van der Waals surface area contributed by atoms with Crippen LogP contribution >= 0.6 is 15.9 Å². The van der Waals surface area contributed by atoms with Crippen molar-refractivity contribution in [3.05, 3.63) is 34.3 Å². The molecule has 1 saturated heterocycles. The van der Waals surface area contributed by atoms with E-state index < -0.39 is 0 Å². The van der Waals surface area contributed by atoms with Crippen molar-refractivity contribution in [2.75, 3.05) is 20.3 Å². The summed E-state index contributed by atoms with van der Waals surface area (Å²) in [5.74, 6) is -0.159. The summed E-state index contributed by atoms with van der Waals surface area (Å²) < 4.78 is 11.1. The Morgan fingerprint density at radius 2 is 2.06 bits per heavy atom. The minimum Gasteiger partial charge on any atom is -0.469 e. The fourth-order valence-corrected chi connectivity index (χ4v) is 2.31. The molecule has 0 saturated carbocycles. The highest BCUT2D eigenvalue weighted by Gasteiger charge is 2.40. The van der Waals surface area contributed by atoms with Crippen molar-refractivity contribution in [1.29, 1.82) is 0 Å². The number of benzene rings is 1. The van der Waals surface area contributed by atoms with Gasteiger partial charge in [-0.05, 0) is 24.1 Å². The van der Waals surface area contributed by atoms with Crippen molar-refractivity contribution >= 4 is 21.9 Å². The molecule has 3 nitrogen and oxygen atoms in total. The summed E-state index contributed by atoms with van der Waals surface area (Å²) in [6.07, 6.45) is 1.22. The minimum absolute atomic E-state index is 0.00507. The Labute approximate surface area is 109 Å². The first-order valence-corrected chi connectivity index (χ1v) is 6.36. The fraction of sp³-hybridized carbons (Fsp3) is 0.462. The van der Waals surface area contributed by atoms with Crippen LogP contribution in [0.15, 0.2) is 28.7 Å². The molecule has 0 bridgehead atoms. The lowest BCUT2D eigenvalue weighted by atomic mass is 9.75. The summed E-state index contributed by atoms with van der Waals surface area (Å²) >= 11 is 3.42. The van der Waals surface area contributed by atoms with E-state index in [2.05, 4.69) is 32.8 Å². The van der Waals surface area contributed by atoms with Crippen LogP contribution in [0.25, 0.3) is 0 Å². The Kier molecular flexibility index (Phi) is 3.84. The molecule has 1 aliphatic rings. The quantitative estimate of drug-likeness (QED) is 0.802. The van der Waals surface area contributed by atoms with Crippen LogP contribution in [0.1, 0.15) is 18.4 Å². The summed E-state index contributed by atoms with van der Waals surface area (Å²) in [6, 6.07) is 8.22. The van der Waals surface area contributed by atoms with E-state index in [1.165, 1.54) is 12.7 Å². The zero-order valence-electron chi connectivity index (χ0n) is 9.74. The van der Waals surface area contributed by atoms with Gasteiger partial charge in [-0.15, -0.1) is 0 Å². The smallest absolute Gasteiger partial charge is 0.305 e. The third-order valence-corrected chi connectivity index (χ3v) is 3.78. The molecule has 1 aromatic rings. The molecule has 0 aromatic heterocycles. The molecule has 0 radical (unpaired) electrons. The van der Waals surface area contributed by atoms with E-state index >= 15 is 0 Å². The molecule has 17 heavy (non-hydrogen) atoms. The number of ether oxygens (including phenoxy) is 2. The topological polar surface area (TPSA) is 35.5 Å². The highest BCUT2D eigenvalue weighted by Crippen LogP contribution is 2.37. The molecule has 1 heterocycles. The second-order valence-corrected chi connectivity index (χ2v) is 5.27. The average Bonchev–Trinajstić information content (AvgIpc) is 2.29. The zero-order chi connectivity index (χ0) is 12.3. The van der Waals surface area contributed by atoms with Gasteiger partial charge in [0.05, 0.1) is 20.3 Å². The molecule has 92 valence electrons. The second kappa shape index (κ2) is 5.19. The molecular weight excluding hydrogens is 284 g/mol. The summed E-state index contributed by atoms with van der Waals surface area (Å²) in [5, 5.41) is 0. The lowest BCUT2D eigenvalue weighted by Crippen LogP contribution is -2.47. The Morgan fingerprint density at radius 3 is 2.53 bits per heavy atom. The maximum Gasteiger partial charge on any atom is 0.305 e. The molecule has 2 rings (SSSR count). The molecular formula is C13H15BrO3. The molecule has 1 aliphatic heterocycles. The van der Waals surface area contributed by atoms with Crippen LogP contribution in [0.4, 0.5) is 0 Å². The molecule has 0 aliphatic carbocycles. The number of halogens is 1. The van der Waals surface area contributed by atoms with Crippen molar-refractivity contribution in [3.8, 4) is 0 Å². The van der Waals surface area contributed by atoms with Crippen molar-refractivity contribution in [2.45, 2.75) is 18.3 Å². The van der Waals surface area contributed by atoms with E-state index in [4.69, 9.17) is 4.74 Å². The Morgan fingerprint density at radius 1 is 1.41 bits per heavy atom. The van der Waals surface area contributed by atoms with Crippen LogP contribution in [0, 0.1) is 0 Å². The van der Waals surface area contributed by atoms with Crippen molar-refractivity contribution in [3.63, 3.8) is 0 Å². The minimum atomic E-state index is -0.159. The van der Waals surface area contributed by atoms with Crippen LogP contribution in [-0.2, 0) is 19.7 Å². The molecule has 0 unspecified atom stereocenters. The monoisotopic (exact) mass is 298 g/mol. The van der Waals surface area contributed by atoms with Gasteiger partial charge in [0.2, 0.25) is 0 Å². The third kappa shape index (κ3) is 2.69. The number of carbonyl (C=O) groups excluding carboxylic acids is 1. The molecule has 0 atom stereocenters. The molecule has 0 amide bonds. The molecule has 4 heteroatoms. The van der Waals surface area contributed by atoms with Crippen molar-refractivity contribution in [2.24, 2.45) is 0 Å². The predicted octanol–water partition coefficient (Wildman–Crippen LogP) is 2.67. The SMILES string of the molecule is COC(=O)CCC1(c2ccc(Br)cc2)COC1. The lowest BCUT2D eigenvalue weighted by molar-refractivity contribution is -0.142. The highest BCUT2D eigenvalue weighted by atomic mass is 79.9. The van der Waals surface area contributed by atoms with Crippen molar-refractivity contribution in [1.82, 2.24) is 0 Å².